The summed E-state index contributed by atoms with van der Waals surface area (Å²) in [6, 6.07) is 70.9. The van der Waals surface area contributed by atoms with Crippen molar-refractivity contribution in [2.75, 3.05) is 0 Å². The number of nitrogens with zero attached hydrogens (tertiary/aromatic N) is 4. The van der Waals surface area contributed by atoms with Crippen LogP contribution in [0, 0.1) is 0 Å². The smallest absolute Gasteiger partial charge is 0.164 e. The first-order chi connectivity index (χ1) is 30.0. The number of fused-ring (bicyclic) bond motifs is 5. The molecule has 1 aliphatic rings. The molecule has 4 heteroatoms. The second kappa shape index (κ2) is 14.8. The fraction of sp³-hybridized carbons (Fsp3) is 0.0526. The second-order valence-electron chi connectivity index (χ2n) is 16.3. The van der Waals surface area contributed by atoms with E-state index < -0.39 is 0 Å². The highest BCUT2D eigenvalue weighted by Crippen LogP contribution is 2.52. The van der Waals surface area contributed by atoms with Crippen LogP contribution in [0.1, 0.15) is 25.0 Å². The maximum absolute atomic E-state index is 5.06. The molecule has 0 amide bonds. The summed E-state index contributed by atoms with van der Waals surface area (Å²) >= 11 is 0. The highest BCUT2D eigenvalue weighted by atomic mass is 15.0. The van der Waals surface area contributed by atoms with Crippen LogP contribution in [-0.4, -0.2) is 19.9 Å². The summed E-state index contributed by atoms with van der Waals surface area (Å²) in [5.41, 5.74) is 17.1. The molecule has 2 aromatic heterocycles. The monoisotopic (exact) mass is 780 g/mol. The van der Waals surface area contributed by atoms with Crippen LogP contribution in [0.25, 0.3) is 101 Å². The third-order valence-electron chi connectivity index (χ3n) is 12.2. The lowest BCUT2D eigenvalue weighted by atomic mass is 9.82. The lowest BCUT2D eigenvalue weighted by Gasteiger charge is -2.21. The van der Waals surface area contributed by atoms with Crippen molar-refractivity contribution in [1.29, 1.82) is 0 Å². The summed E-state index contributed by atoms with van der Waals surface area (Å²) in [5.74, 6) is 1.87. The van der Waals surface area contributed by atoms with Crippen LogP contribution in [0.15, 0.2) is 206 Å². The lowest BCUT2D eigenvalue weighted by molar-refractivity contribution is 0.661. The molecule has 0 bridgehead atoms. The standard InChI is InChI=1S/C57H40N4/c1-57(2)50-30-29-46(36-49(50)53-48-22-7-6-13-37(48)28-31-51(53)57)44-19-11-17-42(34-44)41-16-10-18-43(33-41)45-20-12-21-47(35-45)56-60-54(39-14-4-3-5-15-39)59-55(61-56)40-26-24-38(25-27-40)52-23-8-9-32-58-52/h3-36H,1-2H3. The zero-order valence-corrected chi connectivity index (χ0v) is 33.9. The van der Waals surface area contributed by atoms with Gasteiger partial charge in [0.1, 0.15) is 0 Å². The fourth-order valence-corrected chi connectivity index (χ4v) is 8.97. The third-order valence-corrected chi connectivity index (χ3v) is 12.2. The van der Waals surface area contributed by atoms with Gasteiger partial charge in [0, 0.05) is 33.9 Å². The molecule has 0 atom stereocenters. The van der Waals surface area contributed by atoms with E-state index in [0.717, 1.165) is 44.6 Å². The van der Waals surface area contributed by atoms with Gasteiger partial charge in [-0.2, -0.15) is 0 Å². The molecule has 0 radical (unpaired) electrons. The normalized spacial score (nSPS) is 12.6. The Morgan fingerprint density at radius 3 is 1.46 bits per heavy atom. The third kappa shape index (κ3) is 6.59. The molecule has 0 spiro atoms. The first-order valence-electron chi connectivity index (χ1n) is 20.8. The molecule has 2 heterocycles. The molecule has 4 nitrogen and oxygen atoms in total. The highest BCUT2D eigenvalue weighted by Gasteiger charge is 2.36. The van der Waals surface area contributed by atoms with Crippen molar-refractivity contribution in [3.8, 4) is 89.9 Å². The fourth-order valence-electron chi connectivity index (χ4n) is 8.97. The van der Waals surface area contributed by atoms with E-state index in [1.54, 1.807) is 0 Å². The molecule has 10 aromatic rings. The van der Waals surface area contributed by atoms with Crippen molar-refractivity contribution in [1.82, 2.24) is 19.9 Å². The van der Waals surface area contributed by atoms with E-state index in [1.807, 2.05) is 54.7 Å². The van der Waals surface area contributed by atoms with Crippen LogP contribution in [0.3, 0.4) is 0 Å². The number of aromatic nitrogens is 4. The molecule has 0 saturated carbocycles. The zero-order valence-electron chi connectivity index (χ0n) is 33.9. The summed E-state index contributed by atoms with van der Waals surface area (Å²) in [4.78, 5) is 19.6. The van der Waals surface area contributed by atoms with E-state index in [-0.39, 0.29) is 5.41 Å². The summed E-state index contributed by atoms with van der Waals surface area (Å²) in [6.07, 6.45) is 1.81. The first-order valence-corrected chi connectivity index (χ1v) is 20.8. The first kappa shape index (κ1) is 36.3. The maximum Gasteiger partial charge on any atom is 0.164 e. The van der Waals surface area contributed by atoms with Crippen LogP contribution in [0.5, 0.6) is 0 Å². The topological polar surface area (TPSA) is 51.6 Å². The molecule has 11 rings (SSSR count). The van der Waals surface area contributed by atoms with E-state index in [4.69, 9.17) is 15.0 Å². The minimum Gasteiger partial charge on any atom is -0.256 e. The molecule has 0 N–H and O–H groups in total. The van der Waals surface area contributed by atoms with Gasteiger partial charge in [0.25, 0.3) is 0 Å². The Hall–Kier alpha value is -7.82. The Morgan fingerprint density at radius 2 is 0.820 bits per heavy atom. The summed E-state index contributed by atoms with van der Waals surface area (Å²) < 4.78 is 0. The summed E-state index contributed by atoms with van der Waals surface area (Å²) in [7, 11) is 0. The molecular weight excluding hydrogens is 741 g/mol. The van der Waals surface area contributed by atoms with E-state index >= 15 is 0 Å². The van der Waals surface area contributed by atoms with E-state index in [2.05, 4.69) is 170 Å². The van der Waals surface area contributed by atoms with E-state index in [1.165, 1.54) is 49.7 Å². The predicted molar refractivity (Wildman–Crippen MR) is 251 cm³/mol. The van der Waals surface area contributed by atoms with Crippen LogP contribution in [0.4, 0.5) is 0 Å². The van der Waals surface area contributed by atoms with E-state index in [0.29, 0.717) is 17.5 Å². The van der Waals surface area contributed by atoms with Crippen LogP contribution in [-0.2, 0) is 5.41 Å². The Morgan fingerprint density at radius 1 is 0.344 bits per heavy atom. The molecule has 0 aliphatic heterocycles. The predicted octanol–water partition coefficient (Wildman–Crippen LogP) is 14.4. The number of hydrogen-bond donors (Lipinski definition) is 0. The quantitative estimate of drug-likeness (QED) is 0.162. The SMILES string of the molecule is CC1(C)c2ccc(-c3cccc(-c4cccc(-c5cccc(-c6nc(-c7ccccc7)nc(-c7ccc(-c8ccccn8)cc7)n6)c5)c4)c3)cc2-c2c1ccc1ccccc21. The molecule has 1 aliphatic carbocycles. The van der Waals surface area contributed by atoms with Gasteiger partial charge in [0.15, 0.2) is 17.5 Å². The molecule has 8 aromatic carbocycles. The molecule has 0 fully saturated rings. The van der Waals surface area contributed by atoms with Gasteiger partial charge >= 0.3 is 0 Å². The van der Waals surface area contributed by atoms with Gasteiger partial charge in [0.05, 0.1) is 5.69 Å². The number of pyridine rings is 1. The van der Waals surface area contributed by atoms with Gasteiger partial charge in [-0.05, 0) is 103 Å². The average Bonchev–Trinajstić information content (AvgIpc) is 3.57. The van der Waals surface area contributed by atoms with Gasteiger partial charge in [-0.15, -0.1) is 0 Å². The van der Waals surface area contributed by atoms with Crippen molar-refractivity contribution in [2.45, 2.75) is 19.3 Å². The largest absolute Gasteiger partial charge is 0.256 e. The van der Waals surface area contributed by atoms with Crippen molar-refractivity contribution in [3.63, 3.8) is 0 Å². The molecule has 0 saturated heterocycles. The molecular formula is C57H40N4. The Labute approximate surface area is 356 Å². The van der Waals surface area contributed by atoms with Gasteiger partial charge in [-0.25, -0.2) is 15.0 Å². The molecule has 288 valence electrons. The van der Waals surface area contributed by atoms with Crippen LogP contribution in [0.2, 0.25) is 0 Å². The van der Waals surface area contributed by atoms with Gasteiger partial charge in [-0.1, -0.05) is 178 Å². The van der Waals surface area contributed by atoms with E-state index in [9.17, 15) is 0 Å². The lowest BCUT2D eigenvalue weighted by Crippen LogP contribution is -2.14. The highest BCUT2D eigenvalue weighted by molar-refractivity contribution is 6.03. The average molecular weight is 781 g/mol. The number of benzene rings is 8. The second-order valence-corrected chi connectivity index (χ2v) is 16.3. The van der Waals surface area contributed by atoms with Crippen LogP contribution < -0.4 is 0 Å². The Balaban J connectivity index is 0.932. The van der Waals surface area contributed by atoms with Gasteiger partial charge in [-0.3, -0.25) is 4.98 Å². The molecule has 61 heavy (non-hydrogen) atoms. The zero-order chi connectivity index (χ0) is 40.9. The van der Waals surface area contributed by atoms with Crippen molar-refractivity contribution in [2.24, 2.45) is 0 Å². The van der Waals surface area contributed by atoms with Crippen molar-refractivity contribution < 1.29 is 0 Å². The Kier molecular flexibility index (Phi) is 8.79. The number of hydrogen-bond acceptors (Lipinski definition) is 4. The molecule has 0 unspecified atom stereocenters. The minimum atomic E-state index is -0.0595. The summed E-state index contributed by atoms with van der Waals surface area (Å²) in [5, 5.41) is 2.60. The van der Waals surface area contributed by atoms with Crippen molar-refractivity contribution in [3.05, 3.63) is 218 Å². The maximum atomic E-state index is 5.06. The van der Waals surface area contributed by atoms with Gasteiger partial charge < -0.3 is 0 Å². The van der Waals surface area contributed by atoms with Crippen LogP contribution >= 0.6 is 0 Å². The number of rotatable bonds is 7. The van der Waals surface area contributed by atoms with Crippen molar-refractivity contribution >= 4 is 10.8 Å². The van der Waals surface area contributed by atoms with Gasteiger partial charge in [0.2, 0.25) is 0 Å². The summed E-state index contributed by atoms with van der Waals surface area (Å²) in [6.45, 7) is 4.70. The minimum absolute atomic E-state index is 0.0595. The Bertz CT molecular complexity index is 3260.